The molecule has 0 aliphatic carbocycles. The minimum Gasteiger partial charge on any atom is -0.492 e. The summed E-state index contributed by atoms with van der Waals surface area (Å²) in [4.78, 5) is 14.5. The van der Waals surface area contributed by atoms with E-state index >= 15 is 0 Å². The molecule has 0 bridgehead atoms. The van der Waals surface area contributed by atoms with E-state index < -0.39 is 0 Å². The molecule has 1 amide bonds. The van der Waals surface area contributed by atoms with Gasteiger partial charge in [-0.15, -0.1) is 0 Å². The fraction of sp³-hybridized carbons (Fsp3) is 0.214. The van der Waals surface area contributed by atoms with Gasteiger partial charge in [0.25, 0.3) is 5.91 Å². The molecule has 3 rings (SSSR count). The number of hydrogen-bond donors (Lipinski definition) is 2. The fourth-order valence-electron chi connectivity index (χ4n) is 1.92. The maximum Gasteiger partial charge on any atom is 0.267 e. The van der Waals surface area contributed by atoms with E-state index in [2.05, 4.69) is 10.3 Å². The molecule has 6 nitrogen and oxygen atoms in total. The largest absolute Gasteiger partial charge is 0.492 e. The van der Waals surface area contributed by atoms with E-state index in [9.17, 15) is 4.79 Å². The van der Waals surface area contributed by atoms with Gasteiger partial charge in [-0.3, -0.25) is 4.79 Å². The molecule has 0 radical (unpaired) electrons. The Morgan fingerprint density at radius 1 is 1.27 bits per heavy atom. The summed E-state index contributed by atoms with van der Waals surface area (Å²) < 4.78 is 16.0. The number of benzene rings is 1. The summed E-state index contributed by atoms with van der Waals surface area (Å²) in [7, 11) is 0. The number of carbonyl (C=O) groups is 1. The molecular formula is C14H12Cl2N2O4. The maximum atomic E-state index is 11.8. The van der Waals surface area contributed by atoms with E-state index in [1.165, 1.54) is 6.07 Å². The lowest BCUT2D eigenvalue weighted by Gasteiger charge is -2.07. The van der Waals surface area contributed by atoms with E-state index in [1.807, 2.05) is 0 Å². The summed E-state index contributed by atoms with van der Waals surface area (Å²) in [6, 6.07) is 6.77. The van der Waals surface area contributed by atoms with Gasteiger partial charge < -0.3 is 24.5 Å². The number of fused-ring (bicyclic) bond motifs is 1. The summed E-state index contributed by atoms with van der Waals surface area (Å²) >= 11 is 11.5. The number of halogens is 2. The van der Waals surface area contributed by atoms with Crippen molar-refractivity contribution in [2.24, 2.45) is 0 Å². The first-order valence-corrected chi connectivity index (χ1v) is 7.24. The molecule has 0 saturated heterocycles. The van der Waals surface area contributed by atoms with Gasteiger partial charge in [-0.2, -0.15) is 0 Å². The van der Waals surface area contributed by atoms with E-state index in [0.717, 1.165) is 0 Å². The molecule has 1 aromatic carbocycles. The summed E-state index contributed by atoms with van der Waals surface area (Å²) in [5, 5.41) is 3.24. The van der Waals surface area contributed by atoms with E-state index in [-0.39, 0.29) is 17.9 Å². The van der Waals surface area contributed by atoms with E-state index in [4.69, 9.17) is 37.4 Å². The Labute approximate surface area is 136 Å². The summed E-state index contributed by atoms with van der Waals surface area (Å²) in [5.41, 5.74) is 0.304. The zero-order chi connectivity index (χ0) is 15.5. The topological polar surface area (TPSA) is 72.6 Å². The Bertz CT molecular complexity index is 683. The van der Waals surface area contributed by atoms with Crippen LogP contribution in [0.25, 0.3) is 0 Å². The standard InChI is InChI=1S/C14H12Cl2N2O4/c15-9-6-10(18-13(9)16)14(19)17-3-4-20-8-1-2-11-12(5-8)22-7-21-11/h1-2,5-6,18H,3-4,7H2,(H,17,19). The Morgan fingerprint density at radius 3 is 2.86 bits per heavy atom. The molecule has 0 unspecified atom stereocenters. The van der Waals surface area contributed by atoms with Crippen LogP contribution < -0.4 is 19.5 Å². The zero-order valence-corrected chi connectivity index (χ0v) is 12.8. The van der Waals surface area contributed by atoms with Crippen molar-refractivity contribution in [2.75, 3.05) is 19.9 Å². The van der Waals surface area contributed by atoms with Crippen molar-refractivity contribution in [1.82, 2.24) is 10.3 Å². The second-order valence-electron chi connectivity index (χ2n) is 4.46. The van der Waals surface area contributed by atoms with Gasteiger partial charge in [-0.1, -0.05) is 23.2 Å². The molecule has 2 N–H and O–H groups in total. The number of amides is 1. The second kappa shape index (κ2) is 6.37. The predicted molar refractivity (Wildman–Crippen MR) is 81.2 cm³/mol. The molecular weight excluding hydrogens is 331 g/mol. The van der Waals surface area contributed by atoms with Gasteiger partial charge in [0.1, 0.15) is 23.2 Å². The minimum atomic E-state index is -0.303. The number of carbonyl (C=O) groups excluding carboxylic acids is 1. The Hall–Kier alpha value is -2.05. The molecule has 116 valence electrons. The van der Waals surface area contributed by atoms with Crippen LogP contribution in [0.3, 0.4) is 0 Å². The lowest BCUT2D eigenvalue weighted by Crippen LogP contribution is -2.28. The van der Waals surface area contributed by atoms with Gasteiger partial charge in [0.2, 0.25) is 6.79 Å². The van der Waals surface area contributed by atoms with Gasteiger partial charge in [-0.05, 0) is 18.2 Å². The predicted octanol–water partition coefficient (Wildman–Crippen LogP) is 2.86. The van der Waals surface area contributed by atoms with Gasteiger partial charge in [-0.25, -0.2) is 0 Å². The summed E-state index contributed by atoms with van der Waals surface area (Å²) in [6.07, 6.45) is 0. The highest BCUT2D eigenvalue weighted by molar-refractivity contribution is 6.41. The maximum absolute atomic E-state index is 11.8. The number of ether oxygens (including phenoxy) is 3. The normalized spacial score (nSPS) is 12.3. The molecule has 1 aliphatic rings. The smallest absolute Gasteiger partial charge is 0.267 e. The monoisotopic (exact) mass is 342 g/mol. The Morgan fingerprint density at radius 2 is 2.09 bits per heavy atom. The lowest BCUT2D eigenvalue weighted by molar-refractivity contribution is 0.0942. The first-order chi connectivity index (χ1) is 10.6. The fourth-order valence-corrected chi connectivity index (χ4v) is 2.23. The van der Waals surface area contributed by atoms with Gasteiger partial charge >= 0.3 is 0 Å². The third kappa shape index (κ3) is 3.23. The third-order valence-corrected chi connectivity index (χ3v) is 3.66. The number of aromatic nitrogens is 1. The Kier molecular flexibility index (Phi) is 4.31. The lowest BCUT2D eigenvalue weighted by atomic mass is 10.3. The average Bonchev–Trinajstić information content (AvgIpc) is 3.10. The van der Waals surface area contributed by atoms with Crippen LogP contribution >= 0.6 is 23.2 Å². The van der Waals surface area contributed by atoms with Crippen LogP contribution in [0.4, 0.5) is 0 Å². The number of nitrogens with one attached hydrogen (secondary N) is 2. The average molecular weight is 343 g/mol. The number of aromatic amines is 1. The van der Waals surface area contributed by atoms with Crippen LogP contribution in [0.15, 0.2) is 24.3 Å². The molecule has 2 heterocycles. The quantitative estimate of drug-likeness (QED) is 0.819. The molecule has 1 aliphatic heterocycles. The molecule has 0 saturated carbocycles. The van der Waals surface area contributed by atoms with Crippen molar-refractivity contribution >= 4 is 29.1 Å². The number of rotatable bonds is 5. The minimum absolute atomic E-state index is 0.218. The van der Waals surface area contributed by atoms with Gasteiger partial charge in [0.05, 0.1) is 11.6 Å². The third-order valence-electron chi connectivity index (χ3n) is 2.97. The van der Waals surface area contributed by atoms with Crippen LogP contribution in [-0.4, -0.2) is 30.8 Å². The highest BCUT2D eigenvalue weighted by Crippen LogP contribution is 2.34. The molecule has 1 aromatic heterocycles. The Balaban J connectivity index is 1.46. The van der Waals surface area contributed by atoms with Gasteiger partial charge in [0.15, 0.2) is 11.5 Å². The van der Waals surface area contributed by atoms with E-state index in [1.54, 1.807) is 18.2 Å². The summed E-state index contributed by atoms with van der Waals surface area (Å²) in [6.45, 7) is 0.866. The number of H-pyrrole nitrogens is 1. The number of hydrogen-bond acceptors (Lipinski definition) is 4. The zero-order valence-electron chi connectivity index (χ0n) is 11.3. The second-order valence-corrected chi connectivity index (χ2v) is 5.25. The van der Waals surface area contributed by atoms with Crippen molar-refractivity contribution in [3.63, 3.8) is 0 Å². The summed E-state index contributed by atoms with van der Waals surface area (Å²) in [5.74, 6) is 1.69. The van der Waals surface area contributed by atoms with Crippen molar-refractivity contribution in [3.8, 4) is 17.2 Å². The molecule has 0 atom stereocenters. The van der Waals surface area contributed by atoms with Crippen molar-refractivity contribution < 1.29 is 19.0 Å². The SMILES string of the molecule is O=C(NCCOc1ccc2c(c1)OCO2)c1cc(Cl)c(Cl)[nH]1. The van der Waals surface area contributed by atoms with Crippen LogP contribution in [0, 0.1) is 0 Å². The van der Waals surface area contributed by atoms with Crippen LogP contribution in [0.1, 0.15) is 10.5 Å². The molecule has 8 heteroatoms. The van der Waals surface area contributed by atoms with E-state index in [0.29, 0.717) is 41.1 Å². The van der Waals surface area contributed by atoms with Crippen molar-refractivity contribution in [3.05, 3.63) is 40.1 Å². The first-order valence-electron chi connectivity index (χ1n) is 6.48. The molecule has 0 fully saturated rings. The van der Waals surface area contributed by atoms with Crippen molar-refractivity contribution in [2.45, 2.75) is 0 Å². The highest BCUT2D eigenvalue weighted by atomic mass is 35.5. The first kappa shape index (κ1) is 14.9. The van der Waals surface area contributed by atoms with Gasteiger partial charge in [0, 0.05) is 6.07 Å². The highest BCUT2D eigenvalue weighted by Gasteiger charge is 2.14. The van der Waals surface area contributed by atoms with Crippen LogP contribution in [0.2, 0.25) is 10.2 Å². The van der Waals surface area contributed by atoms with Crippen LogP contribution in [0.5, 0.6) is 17.2 Å². The van der Waals surface area contributed by atoms with Crippen LogP contribution in [-0.2, 0) is 0 Å². The molecule has 2 aromatic rings. The molecule has 0 spiro atoms. The molecule has 22 heavy (non-hydrogen) atoms. The van der Waals surface area contributed by atoms with Crippen molar-refractivity contribution in [1.29, 1.82) is 0 Å².